The Labute approximate surface area is 170 Å². The minimum atomic E-state index is 0.228. The summed E-state index contributed by atoms with van der Waals surface area (Å²) in [5.74, 6) is 1.84. The van der Waals surface area contributed by atoms with Gasteiger partial charge in [0.25, 0.3) is 0 Å². The SMILES string of the molecule is COc1ccc(-c2ccc(-c3ccc(OC)cc3)c(-c3ccc(O)cc3)n2)cc1. The molecule has 0 aliphatic heterocycles. The van der Waals surface area contributed by atoms with E-state index in [0.29, 0.717) is 0 Å². The van der Waals surface area contributed by atoms with Gasteiger partial charge >= 0.3 is 0 Å². The fraction of sp³-hybridized carbons (Fsp3) is 0.0800. The number of ether oxygens (including phenoxy) is 2. The molecule has 4 aromatic rings. The van der Waals surface area contributed by atoms with Crippen LogP contribution in [0.2, 0.25) is 0 Å². The molecule has 3 aromatic carbocycles. The Kier molecular flexibility index (Phi) is 5.16. The van der Waals surface area contributed by atoms with Gasteiger partial charge in [-0.05, 0) is 72.3 Å². The van der Waals surface area contributed by atoms with Crippen molar-refractivity contribution in [2.45, 2.75) is 0 Å². The molecule has 0 amide bonds. The maximum atomic E-state index is 9.68. The lowest BCUT2D eigenvalue weighted by Crippen LogP contribution is -1.93. The molecule has 0 saturated carbocycles. The largest absolute Gasteiger partial charge is 0.508 e. The second-order valence-corrected chi connectivity index (χ2v) is 6.60. The quantitative estimate of drug-likeness (QED) is 0.473. The van der Waals surface area contributed by atoms with Gasteiger partial charge in [0.2, 0.25) is 0 Å². The Hall–Kier alpha value is -3.79. The number of hydrogen-bond acceptors (Lipinski definition) is 4. The molecule has 1 aromatic heterocycles. The van der Waals surface area contributed by atoms with Crippen molar-refractivity contribution in [3.05, 3.63) is 84.9 Å². The summed E-state index contributed by atoms with van der Waals surface area (Å²) in [5, 5.41) is 9.68. The summed E-state index contributed by atoms with van der Waals surface area (Å²) >= 11 is 0. The van der Waals surface area contributed by atoms with Crippen LogP contribution in [0.4, 0.5) is 0 Å². The Morgan fingerprint density at radius 1 is 0.586 bits per heavy atom. The van der Waals surface area contributed by atoms with E-state index >= 15 is 0 Å². The number of phenols is 1. The van der Waals surface area contributed by atoms with Gasteiger partial charge in [-0.3, -0.25) is 0 Å². The van der Waals surface area contributed by atoms with Crippen LogP contribution < -0.4 is 9.47 Å². The Bertz CT molecular complexity index is 1100. The molecule has 0 saturated heterocycles. The van der Waals surface area contributed by atoms with Crippen LogP contribution in [0, 0.1) is 0 Å². The number of aromatic nitrogens is 1. The standard InChI is InChI=1S/C25H21NO3/c1-28-21-11-5-17(6-12-21)23-15-16-24(18-7-13-22(29-2)14-8-18)26-25(23)19-3-9-20(27)10-4-19/h3-16,27H,1-2H3. The van der Waals surface area contributed by atoms with Crippen molar-refractivity contribution in [1.82, 2.24) is 4.98 Å². The second kappa shape index (κ2) is 8.07. The number of rotatable bonds is 5. The lowest BCUT2D eigenvalue weighted by atomic mass is 9.97. The van der Waals surface area contributed by atoms with E-state index in [4.69, 9.17) is 14.5 Å². The summed E-state index contributed by atoms with van der Waals surface area (Å²) in [6, 6.07) is 27.0. The molecule has 0 aliphatic rings. The third-order valence-corrected chi connectivity index (χ3v) is 4.82. The number of benzene rings is 3. The van der Waals surface area contributed by atoms with Gasteiger partial charge in [-0.15, -0.1) is 0 Å². The number of aromatic hydroxyl groups is 1. The highest BCUT2D eigenvalue weighted by Crippen LogP contribution is 2.34. The van der Waals surface area contributed by atoms with Gasteiger partial charge in [0.15, 0.2) is 0 Å². The zero-order chi connectivity index (χ0) is 20.2. The minimum Gasteiger partial charge on any atom is -0.508 e. The molecule has 144 valence electrons. The van der Waals surface area contributed by atoms with Crippen LogP contribution in [0.15, 0.2) is 84.9 Å². The van der Waals surface area contributed by atoms with Crippen molar-refractivity contribution in [3.8, 4) is 50.9 Å². The first-order chi connectivity index (χ1) is 14.2. The summed E-state index contributed by atoms with van der Waals surface area (Å²) in [7, 11) is 3.31. The van der Waals surface area contributed by atoms with Gasteiger partial charge in [-0.25, -0.2) is 4.98 Å². The topological polar surface area (TPSA) is 51.6 Å². The molecule has 1 N–H and O–H groups in total. The molecule has 0 aliphatic carbocycles. The molecule has 0 atom stereocenters. The van der Waals surface area contributed by atoms with Crippen LogP contribution in [-0.2, 0) is 0 Å². The normalized spacial score (nSPS) is 10.6. The summed E-state index contributed by atoms with van der Waals surface area (Å²) in [4.78, 5) is 4.96. The third kappa shape index (κ3) is 3.92. The highest BCUT2D eigenvalue weighted by atomic mass is 16.5. The molecule has 4 nitrogen and oxygen atoms in total. The van der Waals surface area contributed by atoms with Crippen LogP contribution in [0.5, 0.6) is 17.2 Å². The Morgan fingerprint density at radius 3 is 1.66 bits per heavy atom. The lowest BCUT2D eigenvalue weighted by Gasteiger charge is -2.13. The van der Waals surface area contributed by atoms with Gasteiger partial charge in [0.05, 0.1) is 25.6 Å². The molecule has 0 radical (unpaired) electrons. The monoisotopic (exact) mass is 383 g/mol. The molecule has 0 unspecified atom stereocenters. The Balaban J connectivity index is 1.84. The van der Waals surface area contributed by atoms with Gasteiger partial charge in [0, 0.05) is 16.7 Å². The molecule has 0 bridgehead atoms. The minimum absolute atomic E-state index is 0.228. The number of hydrogen-bond donors (Lipinski definition) is 1. The van der Waals surface area contributed by atoms with Crippen LogP contribution in [0.25, 0.3) is 33.6 Å². The average molecular weight is 383 g/mol. The summed E-state index contributed by atoms with van der Waals surface area (Å²) < 4.78 is 10.5. The van der Waals surface area contributed by atoms with E-state index in [2.05, 4.69) is 6.07 Å². The number of phenolic OH excluding ortho intramolecular Hbond substituents is 1. The van der Waals surface area contributed by atoms with Gasteiger partial charge < -0.3 is 14.6 Å². The van der Waals surface area contributed by atoms with Gasteiger partial charge in [0.1, 0.15) is 17.2 Å². The Morgan fingerprint density at radius 2 is 1.10 bits per heavy atom. The molecular formula is C25H21NO3. The predicted octanol–water partition coefficient (Wildman–Crippen LogP) is 5.81. The molecule has 29 heavy (non-hydrogen) atoms. The van der Waals surface area contributed by atoms with E-state index in [1.165, 1.54) is 0 Å². The van der Waals surface area contributed by atoms with Crippen molar-refractivity contribution in [2.24, 2.45) is 0 Å². The fourth-order valence-corrected chi connectivity index (χ4v) is 3.22. The van der Waals surface area contributed by atoms with Crippen LogP contribution in [0.1, 0.15) is 0 Å². The van der Waals surface area contributed by atoms with Crippen LogP contribution in [0.3, 0.4) is 0 Å². The molecule has 1 heterocycles. The van der Waals surface area contributed by atoms with Crippen LogP contribution >= 0.6 is 0 Å². The summed E-state index contributed by atoms with van der Waals surface area (Å²) in [6.45, 7) is 0. The van der Waals surface area contributed by atoms with E-state index in [1.807, 2.05) is 66.7 Å². The molecule has 4 rings (SSSR count). The van der Waals surface area contributed by atoms with Gasteiger partial charge in [-0.1, -0.05) is 18.2 Å². The smallest absolute Gasteiger partial charge is 0.118 e. The maximum Gasteiger partial charge on any atom is 0.118 e. The van der Waals surface area contributed by atoms with Crippen molar-refractivity contribution in [1.29, 1.82) is 0 Å². The van der Waals surface area contributed by atoms with E-state index < -0.39 is 0 Å². The van der Waals surface area contributed by atoms with E-state index in [1.54, 1.807) is 26.4 Å². The fourth-order valence-electron chi connectivity index (χ4n) is 3.22. The van der Waals surface area contributed by atoms with Crippen molar-refractivity contribution in [3.63, 3.8) is 0 Å². The number of nitrogens with zero attached hydrogens (tertiary/aromatic N) is 1. The maximum absolute atomic E-state index is 9.68. The zero-order valence-corrected chi connectivity index (χ0v) is 16.3. The van der Waals surface area contributed by atoms with Crippen molar-refractivity contribution in [2.75, 3.05) is 14.2 Å². The number of pyridine rings is 1. The van der Waals surface area contributed by atoms with E-state index in [-0.39, 0.29) is 5.75 Å². The third-order valence-electron chi connectivity index (χ3n) is 4.82. The highest BCUT2D eigenvalue weighted by Gasteiger charge is 2.12. The van der Waals surface area contributed by atoms with Crippen molar-refractivity contribution < 1.29 is 14.6 Å². The first-order valence-electron chi connectivity index (χ1n) is 9.27. The second-order valence-electron chi connectivity index (χ2n) is 6.60. The zero-order valence-electron chi connectivity index (χ0n) is 16.3. The molecule has 0 fully saturated rings. The first-order valence-corrected chi connectivity index (χ1v) is 9.27. The van der Waals surface area contributed by atoms with E-state index in [9.17, 15) is 5.11 Å². The van der Waals surface area contributed by atoms with E-state index in [0.717, 1.165) is 45.1 Å². The lowest BCUT2D eigenvalue weighted by molar-refractivity contribution is 0.415. The predicted molar refractivity (Wildman–Crippen MR) is 115 cm³/mol. The molecule has 4 heteroatoms. The molecular weight excluding hydrogens is 362 g/mol. The summed E-state index contributed by atoms with van der Waals surface area (Å²) in [6.07, 6.45) is 0. The summed E-state index contributed by atoms with van der Waals surface area (Å²) in [5.41, 5.74) is 5.71. The van der Waals surface area contributed by atoms with Crippen LogP contribution in [-0.4, -0.2) is 24.3 Å². The molecule has 0 spiro atoms. The highest BCUT2D eigenvalue weighted by molar-refractivity contribution is 5.83. The number of methoxy groups -OCH3 is 2. The van der Waals surface area contributed by atoms with Gasteiger partial charge in [-0.2, -0.15) is 0 Å². The van der Waals surface area contributed by atoms with Crippen molar-refractivity contribution >= 4 is 0 Å². The average Bonchev–Trinajstić information content (AvgIpc) is 2.79. The first kappa shape index (κ1) is 18.6.